The van der Waals surface area contributed by atoms with Crippen LogP contribution in [0.5, 0.6) is 0 Å². The number of hydrogen-bond acceptors (Lipinski definition) is 3. The second-order valence-electron chi connectivity index (χ2n) is 5.44. The molecule has 0 aromatic rings. The monoisotopic (exact) mass is 268 g/mol. The standard InChI is InChI=1S/C14H24N2O3/c1-3-11-14(18)16(12(4-2)13(17)15-11)7-8-19-9-10-5-6-10/h10-12H,3-9H2,1-2H3,(H,15,17). The fourth-order valence-corrected chi connectivity index (χ4v) is 2.47. The van der Waals surface area contributed by atoms with Crippen LogP contribution in [0, 0.1) is 5.92 Å². The molecule has 2 amide bonds. The summed E-state index contributed by atoms with van der Waals surface area (Å²) >= 11 is 0. The highest BCUT2D eigenvalue weighted by Gasteiger charge is 2.38. The SMILES string of the molecule is CCC1NC(=O)C(CC)N(CCOCC2CC2)C1=O. The molecular weight excluding hydrogens is 244 g/mol. The van der Waals surface area contributed by atoms with E-state index in [0.29, 0.717) is 26.0 Å². The zero-order valence-corrected chi connectivity index (χ0v) is 11.9. The van der Waals surface area contributed by atoms with Crippen LogP contribution < -0.4 is 5.32 Å². The summed E-state index contributed by atoms with van der Waals surface area (Å²) < 4.78 is 5.58. The molecule has 19 heavy (non-hydrogen) atoms. The predicted molar refractivity (Wildman–Crippen MR) is 71.6 cm³/mol. The smallest absolute Gasteiger partial charge is 0.245 e. The Balaban J connectivity index is 1.87. The number of carbonyl (C=O) groups excluding carboxylic acids is 2. The lowest BCUT2D eigenvalue weighted by Crippen LogP contribution is -2.63. The van der Waals surface area contributed by atoms with E-state index in [-0.39, 0.29) is 23.9 Å². The first-order valence-corrected chi connectivity index (χ1v) is 7.36. The second-order valence-corrected chi connectivity index (χ2v) is 5.44. The van der Waals surface area contributed by atoms with Crippen molar-refractivity contribution in [1.82, 2.24) is 10.2 Å². The Morgan fingerprint density at radius 1 is 1.26 bits per heavy atom. The molecule has 5 heteroatoms. The van der Waals surface area contributed by atoms with Gasteiger partial charge in [0.25, 0.3) is 0 Å². The van der Waals surface area contributed by atoms with Gasteiger partial charge in [0.2, 0.25) is 11.8 Å². The zero-order chi connectivity index (χ0) is 13.8. The van der Waals surface area contributed by atoms with Crippen molar-refractivity contribution in [2.24, 2.45) is 5.92 Å². The normalized spacial score (nSPS) is 27.6. The van der Waals surface area contributed by atoms with Crippen LogP contribution in [0.2, 0.25) is 0 Å². The van der Waals surface area contributed by atoms with Crippen molar-refractivity contribution in [3.8, 4) is 0 Å². The Bertz CT molecular complexity index is 342. The lowest BCUT2D eigenvalue weighted by molar-refractivity contribution is -0.150. The first kappa shape index (κ1) is 14.3. The highest BCUT2D eigenvalue weighted by Crippen LogP contribution is 2.28. The van der Waals surface area contributed by atoms with Crippen LogP contribution in [0.3, 0.4) is 0 Å². The van der Waals surface area contributed by atoms with E-state index in [0.717, 1.165) is 12.5 Å². The van der Waals surface area contributed by atoms with E-state index in [1.54, 1.807) is 4.90 Å². The molecule has 1 aliphatic heterocycles. The highest BCUT2D eigenvalue weighted by atomic mass is 16.5. The van der Waals surface area contributed by atoms with Gasteiger partial charge in [-0.05, 0) is 31.6 Å². The summed E-state index contributed by atoms with van der Waals surface area (Å²) in [5.41, 5.74) is 0. The summed E-state index contributed by atoms with van der Waals surface area (Å²) in [6.45, 7) is 5.69. The average Bonchev–Trinajstić information content (AvgIpc) is 3.22. The van der Waals surface area contributed by atoms with Crippen molar-refractivity contribution in [2.75, 3.05) is 19.8 Å². The van der Waals surface area contributed by atoms with E-state index >= 15 is 0 Å². The summed E-state index contributed by atoms with van der Waals surface area (Å²) in [4.78, 5) is 25.9. The minimum Gasteiger partial charge on any atom is -0.379 e. The Kier molecular flexibility index (Phi) is 4.80. The van der Waals surface area contributed by atoms with Gasteiger partial charge in [-0.3, -0.25) is 9.59 Å². The third-order valence-corrected chi connectivity index (χ3v) is 3.90. The van der Waals surface area contributed by atoms with Gasteiger partial charge in [0.05, 0.1) is 6.61 Å². The molecule has 5 nitrogen and oxygen atoms in total. The first-order chi connectivity index (χ1) is 9.17. The predicted octanol–water partition coefficient (Wildman–Crippen LogP) is 0.929. The number of ether oxygens (including phenoxy) is 1. The Hall–Kier alpha value is -1.10. The first-order valence-electron chi connectivity index (χ1n) is 7.36. The quantitative estimate of drug-likeness (QED) is 0.699. The van der Waals surface area contributed by atoms with E-state index in [1.807, 2.05) is 13.8 Å². The molecule has 1 saturated heterocycles. The molecule has 0 aromatic carbocycles. The fraction of sp³-hybridized carbons (Fsp3) is 0.857. The second kappa shape index (κ2) is 6.37. The van der Waals surface area contributed by atoms with Crippen LogP contribution in [0.25, 0.3) is 0 Å². The molecule has 1 heterocycles. The minimum atomic E-state index is -0.362. The van der Waals surface area contributed by atoms with E-state index < -0.39 is 0 Å². The Morgan fingerprint density at radius 3 is 2.58 bits per heavy atom. The molecule has 1 saturated carbocycles. The molecule has 2 rings (SSSR count). The topological polar surface area (TPSA) is 58.6 Å². The van der Waals surface area contributed by atoms with Crippen molar-refractivity contribution in [3.63, 3.8) is 0 Å². The lowest BCUT2D eigenvalue weighted by Gasteiger charge is -2.38. The number of nitrogens with zero attached hydrogens (tertiary/aromatic N) is 1. The summed E-state index contributed by atoms with van der Waals surface area (Å²) in [7, 11) is 0. The van der Waals surface area contributed by atoms with Crippen molar-refractivity contribution in [3.05, 3.63) is 0 Å². The third-order valence-electron chi connectivity index (χ3n) is 3.90. The summed E-state index contributed by atoms with van der Waals surface area (Å²) in [6.07, 6.45) is 3.82. The molecule has 1 aliphatic carbocycles. The summed E-state index contributed by atoms with van der Waals surface area (Å²) in [5, 5.41) is 2.79. The van der Waals surface area contributed by atoms with Gasteiger partial charge < -0.3 is 15.0 Å². The third kappa shape index (κ3) is 3.47. The summed E-state index contributed by atoms with van der Waals surface area (Å²) in [5.74, 6) is 0.728. The molecule has 0 radical (unpaired) electrons. The number of nitrogens with one attached hydrogen (secondary N) is 1. The van der Waals surface area contributed by atoms with Crippen LogP contribution in [0.15, 0.2) is 0 Å². The van der Waals surface area contributed by atoms with Crippen LogP contribution in [-0.2, 0) is 14.3 Å². The zero-order valence-electron chi connectivity index (χ0n) is 11.9. The largest absolute Gasteiger partial charge is 0.379 e. The maximum absolute atomic E-state index is 12.3. The lowest BCUT2D eigenvalue weighted by atomic mass is 10.0. The van der Waals surface area contributed by atoms with Crippen LogP contribution >= 0.6 is 0 Å². The van der Waals surface area contributed by atoms with E-state index in [1.165, 1.54) is 12.8 Å². The van der Waals surface area contributed by atoms with E-state index in [4.69, 9.17) is 4.74 Å². The minimum absolute atomic E-state index is 0.0313. The summed E-state index contributed by atoms with van der Waals surface area (Å²) in [6, 6.07) is -0.696. The number of amides is 2. The van der Waals surface area contributed by atoms with Crippen LogP contribution in [0.1, 0.15) is 39.5 Å². The maximum atomic E-state index is 12.3. The maximum Gasteiger partial charge on any atom is 0.245 e. The molecule has 2 aliphatic rings. The van der Waals surface area contributed by atoms with Gasteiger partial charge in [0.15, 0.2) is 0 Å². The van der Waals surface area contributed by atoms with Crippen molar-refractivity contribution < 1.29 is 14.3 Å². The number of hydrogen-bond donors (Lipinski definition) is 1. The van der Waals surface area contributed by atoms with Crippen molar-refractivity contribution in [1.29, 1.82) is 0 Å². The van der Waals surface area contributed by atoms with Gasteiger partial charge in [0.1, 0.15) is 12.1 Å². The molecule has 2 fully saturated rings. The Morgan fingerprint density at radius 2 is 2.00 bits per heavy atom. The van der Waals surface area contributed by atoms with E-state index in [2.05, 4.69) is 5.32 Å². The molecule has 1 N–H and O–H groups in total. The highest BCUT2D eigenvalue weighted by molar-refractivity contribution is 5.96. The van der Waals surface area contributed by atoms with E-state index in [9.17, 15) is 9.59 Å². The number of piperazine rings is 1. The molecule has 108 valence electrons. The van der Waals surface area contributed by atoms with Gasteiger partial charge in [-0.25, -0.2) is 0 Å². The average molecular weight is 268 g/mol. The van der Waals surface area contributed by atoms with Crippen LogP contribution in [0.4, 0.5) is 0 Å². The molecular formula is C14H24N2O3. The molecule has 0 spiro atoms. The fourth-order valence-electron chi connectivity index (χ4n) is 2.47. The Labute approximate surface area is 114 Å². The van der Waals surface area contributed by atoms with Gasteiger partial charge in [-0.1, -0.05) is 13.8 Å². The van der Waals surface area contributed by atoms with Gasteiger partial charge in [-0.15, -0.1) is 0 Å². The molecule has 2 unspecified atom stereocenters. The van der Waals surface area contributed by atoms with Crippen molar-refractivity contribution >= 4 is 11.8 Å². The number of rotatable bonds is 7. The van der Waals surface area contributed by atoms with Gasteiger partial charge >= 0.3 is 0 Å². The van der Waals surface area contributed by atoms with Gasteiger partial charge in [0, 0.05) is 13.2 Å². The van der Waals surface area contributed by atoms with Crippen LogP contribution in [-0.4, -0.2) is 48.6 Å². The van der Waals surface area contributed by atoms with Gasteiger partial charge in [-0.2, -0.15) is 0 Å². The molecule has 0 aromatic heterocycles. The van der Waals surface area contributed by atoms with Crippen molar-refractivity contribution in [2.45, 2.75) is 51.6 Å². The molecule has 2 atom stereocenters. The molecule has 0 bridgehead atoms. The number of carbonyl (C=O) groups is 2.